The molecular formula is C14H20OS. The zero-order chi connectivity index (χ0) is 12.0. The van der Waals surface area contributed by atoms with Crippen molar-refractivity contribution in [2.24, 2.45) is 5.92 Å². The third-order valence-corrected chi connectivity index (χ3v) is 3.53. The molecule has 0 heterocycles. The Hall–Kier alpha value is -0.760. The summed E-state index contributed by atoms with van der Waals surface area (Å²) in [5.74, 6) is 1.47. The molecule has 0 aliphatic heterocycles. The van der Waals surface area contributed by atoms with Gasteiger partial charge in [0, 0.05) is 16.4 Å². The van der Waals surface area contributed by atoms with Crippen molar-refractivity contribution in [2.75, 3.05) is 5.75 Å². The minimum absolute atomic E-state index is 0.0820. The molecule has 0 aromatic heterocycles. The molecule has 1 rings (SSSR count). The van der Waals surface area contributed by atoms with Crippen molar-refractivity contribution in [3.05, 3.63) is 29.8 Å². The van der Waals surface area contributed by atoms with Gasteiger partial charge in [-0.25, -0.2) is 0 Å². The van der Waals surface area contributed by atoms with Crippen LogP contribution in [0, 0.1) is 5.92 Å². The van der Waals surface area contributed by atoms with Gasteiger partial charge in [-0.1, -0.05) is 39.3 Å². The molecular weight excluding hydrogens is 216 g/mol. The highest BCUT2D eigenvalue weighted by atomic mass is 32.2. The first-order chi connectivity index (χ1) is 7.65. The summed E-state index contributed by atoms with van der Waals surface area (Å²) in [6.45, 7) is 6.07. The largest absolute Gasteiger partial charge is 0.294 e. The molecule has 0 spiro atoms. The van der Waals surface area contributed by atoms with Gasteiger partial charge in [0.1, 0.15) is 0 Å². The number of hydrogen-bond acceptors (Lipinski definition) is 2. The number of Topliss-reactive ketones (excluding diaryl/α,β-unsaturated/α-hetero) is 1. The summed E-state index contributed by atoms with van der Waals surface area (Å²) in [5, 5.41) is 0. The number of benzene rings is 1. The number of carbonyl (C=O) groups excluding carboxylic acids is 1. The Morgan fingerprint density at radius 3 is 2.38 bits per heavy atom. The standard InChI is InChI=1S/C14H20OS/c1-4-5-10-16-13-8-6-12(7-9-13)14(15)11(2)3/h6-9,11H,4-5,10H2,1-3H3. The fourth-order valence-electron chi connectivity index (χ4n) is 1.38. The maximum Gasteiger partial charge on any atom is 0.165 e. The summed E-state index contributed by atoms with van der Waals surface area (Å²) in [5.41, 5.74) is 0.829. The summed E-state index contributed by atoms with van der Waals surface area (Å²) in [4.78, 5) is 13.0. The molecule has 2 heteroatoms. The van der Waals surface area contributed by atoms with Crippen LogP contribution in [0.25, 0.3) is 0 Å². The van der Waals surface area contributed by atoms with Crippen LogP contribution in [0.1, 0.15) is 44.0 Å². The molecule has 0 atom stereocenters. The lowest BCUT2D eigenvalue weighted by Gasteiger charge is -2.05. The first-order valence-electron chi connectivity index (χ1n) is 5.92. The van der Waals surface area contributed by atoms with E-state index in [1.54, 1.807) is 0 Å². The fraction of sp³-hybridized carbons (Fsp3) is 0.500. The van der Waals surface area contributed by atoms with Gasteiger partial charge in [0.25, 0.3) is 0 Å². The summed E-state index contributed by atoms with van der Waals surface area (Å²) < 4.78 is 0. The zero-order valence-corrected chi connectivity index (χ0v) is 11.1. The Morgan fingerprint density at radius 2 is 1.88 bits per heavy atom. The van der Waals surface area contributed by atoms with Crippen molar-refractivity contribution in [3.8, 4) is 0 Å². The summed E-state index contributed by atoms with van der Waals surface area (Å²) >= 11 is 1.86. The second-order valence-electron chi connectivity index (χ2n) is 4.25. The SMILES string of the molecule is CCCCSc1ccc(C(=O)C(C)C)cc1. The van der Waals surface area contributed by atoms with Crippen molar-refractivity contribution in [2.45, 2.75) is 38.5 Å². The number of rotatable bonds is 6. The number of hydrogen-bond donors (Lipinski definition) is 0. The average molecular weight is 236 g/mol. The first-order valence-corrected chi connectivity index (χ1v) is 6.90. The van der Waals surface area contributed by atoms with Crippen molar-refractivity contribution in [3.63, 3.8) is 0 Å². The number of carbonyl (C=O) groups is 1. The van der Waals surface area contributed by atoms with Gasteiger partial charge in [-0.05, 0) is 24.3 Å². The van der Waals surface area contributed by atoms with Crippen molar-refractivity contribution < 1.29 is 4.79 Å². The zero-order valence-electron chi connectivity index (χ0n) is 10.3. The molecule has 0 aliphatic rings. The lowest BCUT2D eigenvalue weighted by Crippen LogP contribution is -2.06. The Labute approximate surface area is 103 Å². The average Bonchev–Trinajstić information content (AvgIpc) is 2.29. The van der Waals surface area contributed by atoms with E-state index >= 15 is 0 Å². The van der Waals surface area contributed by atoms with E-state index in [0.29, 0.717) is 0 Å². The minimum Gasteiger partial charge on any atom is -0.294 e. The smallest absolute Gasteiger partial charge is 0.165 e. The van der Waals surface area contributed by atoms with Crippen LogP contribution in [0.5, 0.6) is 0 Å². The summed E-state index contributed by atoms with van der Waals surface area (Å²) in [7, 11) is 0. The molecule has 0 radical (unpaired) electrons. The van der Waals surface area contributed by atoms with E-state index in [-0.39, 0.29) is 11.7 Å². The van der Waals surface area contributed by atoms with Gasteiger partial charge >= 0.3 is 0 Å². The number of thioether (sulfide) groups is 1. The van der Waals surface area contributed by atoms with Crippen LogP contribution in [0.2, 0.25) is 0 Å². The molecule has 1 aromatic carbocycles. The van der Waals surface area contributed by atoms with Crippen LogP contribution in [0.15, 0.2) is 29.2 Å². The Kier molecular flexibility index (Phi) is 5.61. The van der Waals surface area contributed by atoms with Gasteiger partial charge in [-0.3, -0.25) is 4.79 Å². The molecule has 0 aliphatic carbocycles. The van der Waals surface area contributed by atoms with Gasteiger partial charge in [0.15, 0.2) is 5.78 Å². The highest BCUT2D eigenvalue weighted by molar-refractivity contribution is 7.99. The van der Waals surface area contributed by atoms with Gasteiger partial charge in [0.2, 0.25) is 0 Å². The summed E-state index contributed by atoms with van der Waals surface area (Å²) in [6, 6.07) is 7.99. The molecule has 16 heavy (non-hydrogen) atoms. The van der Waals surface area contributed by atoms with E-state index in [1.807, 2.05) is 37.7 Å². The lowest BCUT2D eigenvalue weighted by molar-refractivity contribution is 0.0939. The van der Waals surface area contributed by atoms with Crippen LogP contribution < -0.4 is 0 Å². The van der Waals surface area contributed by atoms with Crippen molar-refractivity contribution in [1.29, 1.82) is 0 Å². The molecule has 0 unspecified atom stereocenters. The van der Waals surface area contributed by atoms with Gasteiger partial charge in [0.05, 0.1) is 0 Å². The van der Waals surface area contributed by atoms with Crippen LogP contribution in [-0.2, 0) is 0 Å². The molecule has 0 fully saturated rings. The van der Waals surface area contributed by atoms with E-state index in [2.05, 4.69) is 19.1 Å². The van der Waals surface area contributed by atoms with E-state index < -0.39 is 0 Å². The highest BCUT2D eigenvalue weighted by Crippen LogP contribution is 2.20. The Balaban J connectivity index is 2.57. The predicted octanol–water partition coefficient (Wildman–Crippen LogP) is 4.42. The number of unbranched alkanes of at least 4 members (excludes halogenated alkanes) is 1. The van der Waals surface area contributed by atoms with Crippen LogP contribution in [-0.4, -0.2) is 11.5 Å². The van der Waals surface area contributed by atoms with E-state index in [4.69, 9.17) is 0 Å². The fourth-order valence-corrected chi connectivity index (χ4v) is 2.38. The quantitative estimate of drug-likeness (QED) is 0.413. The van der Waals surface area contributed by atoms with Gasteiger partial charge in [-0.2, -0.15) is 0 Å². The monoisotopic (exact) mass is 236 g/mol. The third-order valence-electron chi connectivity index (χ3n) is 2.43. The van der Waals surface area contributed by atoms with Crippen LogP contribution in [0.4, 0.5) is 0 Å². The maximum absolute atomic E-state index is 11.7. The predicted molar refractivity (Wildman–Crippen MR) is 71.2 cm³/mol. The molecule has 1 aromatic rings. The van der Waals surface area contributed by atoms with Crippen molar-refractivity contribution in [1.82, 2.24) is 0 Å². The second kappa shape index (κ2) is 6.74. The number of ketones is 1. The normalized spacial score (nSPS) is 10.8. The third kappa shape index (κ3) is 4.01. The van der Waals surface area contributed by atoms with Crippen LogP contribution >= 0.6 is 11.8 Å². The van der Waals surface area contributed by atoms with Gasteiger partial charge < -0.3 is 0 Å². The lowest BCUT2D eigenvalue weighted by atomic mass is 10.0. The Morgan fingerprint density at radius 1 is 1.25 bits per heavy atom. The van der Waals surface area contributed by atoms with E-state index in [0.717, 1.165) is 11.3 Å². The first kappa shape index (κ1) is 13.3. The van der Waals surface area contributed by atoms with Crippen molar-refractivity contribution >= 4 is 17.5 Å². The van der Waals surface area contributed by atoms with E-state index in [1.165, 1.54) is 17.7 Å². The molecule has 0 saturated heterocycles. The summed E-state index contributed by atoms with van der Waals surface area (Å²) in [6.07, 6.45) is 2.48. The molecule has 1 nitrogen and oxygen atoms in total. The molecule has 0 amide bonds. The van der Waals surface area contributed by atoms with Gasteiger partial charge in [-0.15, -0.1) is 11.8 Å². The van der Waals surface area contributed by atoms with E-state index in [9.17, 15) is 4.79 Å². The topological polar surface area (TPSA) is 17.1 Å². The maximum atomic E-state index is 11.7. The highest BCUT2D eigenvalue weighted by Gasteiger charge is 2.09. The second-order valence-corrected chi connectivity index (χ2v) is 5.41. The molecule has 0 N–H and O–H groups in total. The Bertz CT molecular complexity index is 327. The molecule has 0 bridgehead atoms. The molecule has 0 saturated carbocycles. The minimum atomic E-state index is 0.0820. The van der Waals surface area contributed by atoms with Crippen LogP contribution in [0.3, 0.4) is 0 Å². The molecule has 88 valence electrons.